The normalized spacial score (nSPS) is 11.2. The van der Waals surface area contributed by atoms with Gasteiger partial charge in [0.05, 0.1) is 18.7 Å². The van der Waals surface area contributed by atoms with Crippen LogP contribution in [-0.4, -0.2) is 19.9 Å². The lowest BCUT2D eigenvalue weighted by Crippen LogP contribution is -2.25. The number of nitrogens with zero attached hydrogens (tertiary/aromatic N) is 3. The highest BCUT2D eigenvalue weighted by atomic mass is 32.1. The van der Waals surface area contributed by atoms with Crippen molar-refractivity contribution in [2.45, 2.75) is 26.8 Å². The highest BCUT2D eigenvalue weighted by molar-refractivity contribution is 7.15. The van der Waals surface area contributed by atoms with E-state index in [1.165, 1.54) is 5.69 Å². The first-order valence-corrected chi connectivity index (χ1v) is 7.72. The summed E-state index contributed by atoms with van der Waals surface area (Å²) >= 11 is 1.59. The van der Waals surface area contributed by atoms with Crippen molar-refractivity contribution in [3.05, 3.63) is 46.5 Å². The van der Waals surface area contributed by atoms with Gasteiger partial charge in [0.1, 0.15) is 0 Å². The summed E-state index contributed by atoms with van der Waals surface area (Å²) in [4.78, 5) is 17.4. The molecule has 3 heterocycles. The molecule has 0 bridgehead atoms. The van der Waals surface area contributed by atoms with E-state index in [0.717, 1.165) is 22.0 Å². The molecule has 110 valence electrons. The van der Waals surface area contributed by atoms with Gasteiger partial charge in [-0.1, -0.05) is 0 Å². The van der Waals surface area contributed by atoms with Gasteiger partial charge in [-0.3, -0.25) is 9.20 Å². The van der Waals surface area contributed by atoms with Crippen LogP contribution in [0.3, 0.4) is 0 Å². The van der Waals surface area contributed by atoms with E-state index in [4.69, 9.17) is 0 Å². The zero-order chi connectivity index (χ0) is 15.0. The number of aryl methyl sites for hydroxylation is 2. The third-order valence-electron chi connectivity index (χ3n) is 3.72. The number of nitrogens with one attached hydrogen (secondary N) is 1. The molecular weight excluding hydrogens is 284 g/mol. The molecule has 0 saturated heterocycles. The first kappa shape index (κ1) is 13.9. The van der Waals surface area contributed by atoms with Crippen molar-refractivity contribution in [3.8, 4) is 0 Å². The van der Waals surface area contributed by atoms with Gasteiger partial charge in [0.25, 0.3) is 0 Å². The highest BCUT2D eigenvalue weighted by Gasteiger charge is 2.10. The number of imidazole rings is 1. The SMILES string of the molecule is Cc1ccc(CNC(=O)Cc2cn3c(C)csc3n2)n1C. The van der Waals surface area contributed by atoms with Gasteiger partial charge in [-0.25, -0.2) is 4.98 Å². The quantitative estimate of drug-likeness (QED) is 0.803. The van der Waals surface area contributed by atoms with E-state index < -0.39 is 0 Å². The predicted molar refractivity (Wildman–Crippen MR) is 83.5 cm³/mol. The molecule has 3 rings (SSSR count). The molecule has 0 fully saturated rings. The van der Waals surface area contributed by atoms with Crippen LogP contribution in [0.4, 0.5) is 0 Å². The van der Waals surface area contributed by atoms with E-state index in [2.05, 4.69) is 20.2 Å². The highest BCUT2D eigenvalue weighted by Crippen LogP contribution is 2.16. The monoisotopic (exact) mass is 302 g/mol. The molecule has 6 heteroatoms. The lowest BCUT2D eigenvalue weighted by Gasteiger charge is -2.06. The first-order valence-electron chi connectivity index (χ1n) is 6.84. The number of carbonyl (C=O) groups excluding carboxylic acids is 1. The summed E-state index contributed by atoms with van der Waals surface area (Å²) in [5.74, 6) is -0.00254. The van der Waals surface area contributed by atoms with E-state index in [9.17, 15) is 4.79 Å². The molecule has 1 N–H and O–H groups in total. The number of amides is 1. The summed E-state index contributed by atoms with van der Waals surface area (Å²) in [5.41, 5.74) is 4.24. The molecule has 21 heavy (non-hydrogen) atoms. The van der Waals surface area contributed by atoms with Crippen molar-refractivity contribution in [3.63, 3.8) is 0 Å². The molecule has 1 amide bonds. The van der Waals surface area contributed by atoms with Crippen LogP contribution in [-0.2, 0) is 24.8 Å². The molecule has 0 unspecified atom stereocenters. The number of hydrogen-bond donors (Lipinski definition) is 1. The maximum Gasteiger partial charge on any atom is 0.226 e. The number of thiazole rings is 1. The van der Waals surface area contributed by atoms with Crippen molar-refractivity contribution in [2.75, 3.05) is 0 Å². The second-order valence-electron chi connectivity index (χ2n) is 5.24. The van der Waals surface area contributed by atoms with Crippen molar-refractivity contribution >= 4 is 22.2 Å². The molecule has 5 nitrogen and oxygen atoms in total. The van der Waals surface area contributed by atoms with Crippen molar-refractivity contribution in [1.29, 1.82) is 0 Å². The fourth-order valence-corrected chi connectivity index (χ4v) is 3.16. The zero-order valence-corrected chi connectivity index (χ0v) is 13.2. The maximum atomic E-state index is 12.0. The van der Waals surface area contributed by atoms with Gasteiger partial charge >= 0.3 is 0 Å². The molecular formula is C15H18N4OS. The molecule has 0 aliphatic rings. The molecule has 0 aromatic carbocycles. The minimum Gasteiger partial charge on any atom is -0.350 e. The van der Waals surface area contributed by atoms with Crippen molar-refractivity contribution < 1.29 is 4.79 Å². The second-order valence-corrected chi connectivity index (χ2v) is 6.08. The smallest absolute Gasteiger partial charge is 0.226 e. The lowest BCUT2D eigenvalue weighted by atomic mass is 10.3. The van der Waals surface area contributed by atoms with Gasteiger partial charge in [0.15, 0.2) is 4.96 Å². The molecule has 3 aromatic heterocycles. The lowest BCUT2D eigenvalue weighted by molar-refractivity contribution is -0.120. The Labute approximate surface area is 127 Å². The number of rotatable bonds is 4. The summed E-state index contributed by atoms with van der Waals surface area (Å²) in [6.45, 7) is 4.63. The minimum absolute atomic E-state index is 0.00254. The Morgan fingerprint density at radius 3 is 2.81 bits per heavy atom. The van der Waals surface area contributed by atoms with E-state index in [-0.39, 0.29) is 5.91 Å². The fourth-order valence-electron chi connectivity index (χ4n) is 2.29. The van der Waals surface area contributed by atoms with E-state index >= 15 is 0 Å². The van der Waals surface area contributed by atoms with Crippen molar-refractivity contribution in [2.24, 2.45) is 7.05 Å². The van der Waals surface area contributed by atoms with Gasteiger partial charge in [0, 0.05) is 35.7 Å². The fraction of sp³-hybridized carbons (Fsp3) is 0.333. The van der Waals surface area contributed by atoms with Crippen LogP contribution >= 0.6 is 11.3 Å². The summed E-state index contributed by atoms with van der Waals surface area (Å²) in [7, 11) is 2.00. The minimum atomic E-state index is -0.00254. The van der Waals surface area contributed by atoms with Gasteiger partial charge in [-0.05, 0) is 26.0 Å². The third-order valence-corrected chi connectivity index (χ3v) is 4.68. The summed E-state index contributed by atoms with van der Waals surface area (Å²) in [6.07, 6.45) is 2.25. The largest absolute Gasteiger partial charge is 0.350 e. The van der Waals surface area contributed by atoms with Crippen LogP contribution in [0.2, 0.25) is 0 Å². The average molecular weight is 302 g/mol. The Morgan fingerprint density at radius 1 is 1.33 bits per heavy atom. The topological polar surface area (TPSA) is 51.3 Å². The number of carbonyl (C=O) groups is 1. The third kappa shape index (κ3) is 2.71. The van der Waals surface area contributed by atoms with Crippen LogP contribution in [0.25, 0.3) is 4.96 Å². The Kier molecular flexibility index (Phi) is 3.55. The summed E-state index contributed by atoms with van der Waals surface area (Å²) in [6, 6.07) is 4.08. The molecule has 0 aliphatic carbocycles. The molecule has 0 saturated carbocycles. The van der Waals surface area contributed by atoms with Crippen LogP contribution in [0, 0.1) is 13.8 Å². The molecule has 0 radical (unpaired) electrons. The molecule has 0 aliphatic heterocycles. The Balaban J connectivity index is 1.62. The van der Waals surface area contributed by atoms with Crippen LogP contribution in [0.5, 0.6) is 0 Å². The molecule has 0 atom stereocenters. The van der Waals surface area contributed by atoms with Crippen LogP contribution in [0.15, 0.2) is 23.7 Å². The average Bonchev–Trinajstić information content (AvgIpc) is 3.08. The maximum absolute atomic E-state index is 12.0. The zero-order valence-electron chi connectivity index (χ0n) is 12.4. The van der Waals surface area contributed by atoms with Gasteiger partial charge in [-0.15, -0.1) is 11.3 Å². The molecule has 0 spiro atoms. The standard InChI is InChI=1S/C15H18N4OS/c1-10-4-5-13(18(10)3)7-16-14(20)6-12-8-19-11(2)9-21-15(19)17-12/h4-5,8-9H,6-7H2,1-3H3,(H,16,20). The second kappa shape index (κ2) is 5.37. The van der Waals surface area contributed by atoms with E-state index in [1.54, 1.807) is 11.3 Å². The van der Waals surface area contributed by atoms with E-state index in [1.807, 2.05) is 43.6 Å². The number of hydrogen-bond acceptors (Lipinski definition) is 3. The Morgan fingerprint density at radius 2 is 2.14 bits per heavy atom. The van der Waals surface area contributed by atoms with Crippen LogP contribution < -0.4 is 5.32 Å². The number of fused-ring (bicyclic) bond motifs is 1. The first-order chi connectivity index (χ1) is 10.0. The van der Waals surface area contributed by atoms with Gasteiger partial charge in [0.2, 0.25) is 5.91 Å². The Hall–Kier alpha value is -2.08. The number of aromatic nitrogens is 3. The molecule has 3 aromatic rings. The predicted octanol–water partition coefficient (Wildman–Crippen LogP) is 2.21. The van der Waals surface area contributed by atoms with Crippen LogP contribution in [0.1, 0.15) is 22.8 Å². The van der Waals surface area contributed by atoms with Crippen molar-refractivity contribution in [1.82, 2.24) is 19.3 Å². The summed E-state index contributed by atoms with van der Waals surface area (Å²) in [5, 5.41) is 5.01. The van der Waals surface area contributed by atoms with Gasteiger partial charge < -0.3 is 9.88 Å². The van der Waals surface area contributed by atoms with E-state index in [0.29, 0.717) is 13.0 Å². The van der Waals surface area contributed by atoms with Gasteiger partial charge in [-0.2, -0.15) is 0 Å². The Bertz CT molecular complexity index is 796. The summed E-state index contributed by atoms with van der Waals surface area (Å²) < 4.78 is 4.10.